The second-order valence-corrected chi connectivity index (χ2v) is 5.55. The van der Waals surface area contributed by atoms with Crippen molar-refractivity contribution < 1.29 is 18.1 Å². The summed E-state index contributed by atoms with van der Waals surface area (Å²) in [6, 6.07) is 6.60. The van der Waals surface area contributed by atoms with Crippen LogP contribution < -0.4 is 10.5 Å². The van der Waals surface area contributed by atoms with Crippen LogP contribution in [0.2, 0.25) is 0 Å². The molecule has 21 heavy (non-hydrogen) atoms. The van der Waals surface area contributed by atoms with E-state index in [0.717, 1.165) is 12.3 Å². The first-order valence-corrected chi connectivity index (χ1v) is 7.09. The van der Waals surface area contributed by atoms with Gasteiger partial charge >= 0.3 is 0 Å². The fourth-order valence-electron chi connectivity index (χ4n) is 1.63. The van der Waals surface area contributed by atoms with Gasteiger partial charge in [0, 0.05) is 6.07 Å². The minimum Gasteiger partial charge on any atom is -0.351 e. The van der Waals surface area contributed by atoms with E-state index < -0.39 is 20.9 Å². The van der Waals surface area contributed by atoms with Crippen molar-refractivity contribution in [1.29, 1.82) is 0 Å². The molecule has 0 aliphatic rings. The van der Waals surface area contributed by atoms with Gasteiger partial charge in [-0.1, -0.05) is 12.1 Å². The van der Waals surface area contributed by atoms with E-state index in [-0.39, 0.29) is 22.0 Å². The number of aromatic amines is 1. The number of aromatic nitrogens is 1. The molecular formula is C11H10N4O5S. The zero-order chi connectivity index (χ0) is 15.6. The number of hydrogen-bond donors (Lipinski definition) is 3. The molecule has 110 valence electrons. The lowest BCUT2D eigenvalue weighted by molar-refractivity contribution is -0.384. The third kappa shape index (κ3) is 3.24. The van der Waals surface area contributed by atoms with Gasteiger partial charge in [0.05, 0.1) is 16.8 Å². The number of primary sulfonamides is 1. The van der Waals surface area contributed by atoms with Crippen LogP contribution >= 0.6 is 0 Å². The molecule has 1 aromatic heterocycles. The predicted octanol–water partition coefficient (Wildman–Crippen LogP) is 0.823. The van der Waals surface area contributed by atoms with Gasteiger partial charge in [-0.05, 0) is 12.1 Å². The Hall–Kier alpha value is -2.72. The van der Waals surface area contributed by atoms with E-state index in [2.05, 4.69) is 10.3 Å². The summed E-state index contributed by atoms with van der Waals surface area (Å²) < 4.78 is 22.8. The van der Waals surface area contributed by atoms with Crippen LogP contribution in [0.3, 0.4) is 0 Å². The van der Waals surface area contributed by atoms with Crippen molar-refractivity contribution in [3.63, 3.8) is 0 Å². The first-order chi connectivity index (χ1) is 9.79. The smallest absolute Gasteiger partial charge is 0.287 e. The standard InChI is InChI=1S/C11H10N4O5S/c12-21(19,20)10-4-2-1-3-8(10)14-11(16)9-5-7(6-13-9)15(17)18/h1-6,13H,(H,14,16)(H2,12,19,20). The fraction of sp³-hybridized carbons (Fsp3) is 0. The molecule has 2 rings (SSSR count). The van der Waals surface area contributed by atoms with Gasteiger partial charge in [-0.25, -0.2) is 13.6 Å². The lowest BCUT2D eigenvalue weighted by Crippen LogP contribution is -2.18. The number of nitro groups is 1. The highest BCUT2D eigenvalue weighted by Crippen LogP contribution is 2.20. The zero-order valence-electron chi connectivity index (χ0n) is 10.4. The minimum atomic E-state index is -4.00. The Labute approximate surface area is 119 Å². The number of nitrogens with two attached hydrogens (primary N) is 1. The SMILES string of the molecule is NS(=O)(=O)c1ccccc1NC(=O)c1cc([N+](=O)[O-])c[nH]1. The van der Waals surface area contributed by atoms with Crippen molar-refractivity contribution in [3.8, 4) is 0 Å². The quantitative estimate of drug-likeness (QED) is 0.564. The molecule has 0 unspecified atom stereocenters. The summed E-state index contributed by atoms with van der Waals surface area (Å²) in [5.74, 6) is -0.723. The highest BCUT2D eigenvalue weighted by molar-refractivity contribution is 7.89. The van der Waals surface area contributed by atoms with E-state index in [1.165, 1.54) is 24.3 Å². The molecule has 0 saturated carbocycles. The van der Waals surface area contributed by atoms with Crippen molar-refractivity contribution in [1.82, 2.24) is 4.98 Å². The Balaban J connectivity index is 2.30. The van der Waals surface area contributed by atoms with Gasteiger partial charge in [-0.3, -0.25) is 14.9 Å². The number of hydrogen-bond acceptors (Lipinski definition) is 5. The summed E-state index contributed by atoms with van der Waals surface area (Å²) in [6.45, 7) is 0. The molecule has 1 heterocycles. The van der Waals surface area contributed by atoms with Crippen molar-refractivity contribution in [2.75, 3.05) is 5.32 Å². The molecule has 0 bridgehead atoms. The molecule has 0 aliphatic carbocycles. The van der Waals surface area contributed by atoms with E-state index in [1.807, 2.05) is 0 Å². The number of carbonyl (C=O) groups excluding carboxylic acids is 1. The van der Waals surface area contributed by atoms with Crippen LogP contribution in [0, 0.1) is 10.1 Å². The minimum absolute atomic E-state index is 0.0118. The molecule has 0 radical (unpaired) electrons. The zero-order valence-corrected chi connectivity index (χ0v) is 11.3. The van der Waals surface area contributed by atoms with Crippen LogP contribution in [0.4, 0.5) is 11.4 Å². The first-order valence-electron chi connectivity index (χ1n) is 5.55. The van der Waals surface area contributed by atoms with Crippen LogP contribution in [0.5, 0.6) is 0 Å². The number of carbonyl (C=O) groups is 1. The van der Waals surface area contributed by atoms with Gasteiger partial charge in [-0.2, -0.15) is 0 Å². The molecule has 0 saturated heterocycles. The number of sulfonamides is 1. The van der Waals surface area contributed by atoms with E-state index >= 15 is 0 Å². The topological polar surface area (TPSA) is 148 Å². The van der Waals surface area contributed by atoms with E-state index in [9.17, 15) is 23.3 Å². The Kier molecular flexibility index (Phi) is 3.74. The van der Waals surface area contributed by atoms with E-state index in [0.29, 0.717) is 0 Å². The molecule has 1 aromatic carbocycles. The Bertz CT molecular complexity index is 812. The van der Waals surface area contributed by atoms with Gasteiger partial charge in [0.25, 0.3) is 11.6 Å². The van der Waals surface area contributed by atoms with Crippen molar-refractivity contribution in [3.05, 3.63) is 52.3 Å². The van der Waals surface area contributed by atoms with E-state index in [4.69, 9.17) is 5.14 Å². The monoisotopic (exact) mass is 310 g/mol. The van der Waals surface area contributed by atoms with Gasteiger partial charge in [-0.15, -0.1) is 0 Å². The highest BCUT2D eigenvalue weighted by Gasteiger charge is 2.18. The number of para-hydroxylation sites is 1. The predicted molar refractivity (Wildman–Crippen MR) is 73.2 cm³/mol. The van der Waals surface area contributed by atoms with Crippen molar-refractivity contribution in [2.24, 2.45) is 5.14 Å². The maximum Gasteiger partial charge on any atom is 0.287 e. The van der Waals surface area contributed by atoms with Crippen LogP contribution in [0.15, 0.2) is 41.4 Å². The third-order valence-corrected chi connectivity index (χ3v) is 3.53. The number of nitrogens with one attached hydrogen (secondary N) is 2. The summed E-state index contributed by atoms with van der Waals surface area (Å²) in [7, 11) is -4.00. The Morgan fingerprint density at radius 3 is 2.57 bits per heavy atom. The molecule has 2 aromatic rings. The highest BCUT2D eigenvalue weighted by atomic mass is 32.2. The lowest BCUT2D eigenvalue weighted by Gasteiger charge is -2.08. The Morgan fingerprint density at radius 2 is 2.00 bits per heavy atom. The van der Waals surface area contributed by atoms with Crippen LogP contribution in [-0.4, -0.2) is 24.2 Å². The largest absolute Gasteiger partial charge is 0.351 e. The van der Waals surface area contributed by atoms with Crippen molar-refractivity contribution in [2.45, 2.75) is 4.90 Å². The lowest BCUT2D eigenvalue weighted by atomic mass is 10.3. The third-order valence-electron chi connectivity index (χ3n) is 2.57. The summed E-state index contributed by atoms with van der Waals surface area (Å²) >= 11 is 0. The first kappa shape index (κ1) is 14.7. The molecule has 0 fully saturated rings. The molecule has 0 aliphatic heterocycles. The number of benzene rings is 1. The fourth-order valence-corrected chi connectivity index (χ4v) is 2.32. The van der Waals surface area contributed by atoms with Crippen LogP contribution in [0.1, 0.15) is 10.5 Å². The summed E-state index contributed by atoms with van der Waals surface area (Å²) in [5, 5.41) is 17.9. The number of H-pyrrole nitrogens is 1. The Morgan fingerprint density at radius 1 is 1.33 bits per heavy atom. The second kappa shape index (κ2) is 5.34. The molecule has 1 amide bonds. The molecule has 0 atom stereocenters. The van der Waals surface area contributed by atoms with Gasteiger partial charge in [0.15, 0.2) is 0 Å². The van der Waals surface area contributed by atoms with E-state index in [1.54, 1.807) is 0 Å². The van der Waals surface area contributed by atoms with Crippen molar-refractivity contribution >= 4 is 27.3 Å². The number of rotatable bonds is 4. The molecule has 9 nitrogen and oxygen atoms in total. The normalized spacial score (nSPS) is 11.1. The van der Waals surface area contributed by atoms with Crippen LogP contribution in [-0.2, 0) is 10.0 Å². The molecule has 4 N–H and O–H groups in total. The van der Waals surface area contributed by atoms with Gasteiger partial charge in [0.1, 0.15) is 10.6 Å². The maximum atomic E-state index is 11.9. The number of nitrogens with zero attached hydrogens (tertiary/aromatic N) is 1. The molecule has 10 heteroatoms. The number of anilines is 1. The van der Waals surface area contributed by atoms with Crippen LogP contribution in [0.25, 0.3) is 0 Å². The summed E-state index contributed by atoms with van der Waals surface area (Å²) in [4.78, 5) is 24.0. The van der Waals surface area contributed by atoms with Gasteiger partial charge < -0.3 is 10.3 Å². The number of amides is 1. The average molecular weight is 310 g/mol. The maximum absolute atomic E-state index is 11.9. The van der Waals surface area contributed by atoms with Gasteiger partial charge in [0.2, 0.25) is 10.0 Å². The summed E-state index contributed by atoms with van der Waals surface area (Å²) in [6.07, 6.45) is 1.06. The average Bonchev–Trinajstić information content (AvgIpc) is 2.88. The molecular weight excluding hydrogens is 300 g/mol. The second-order valence-electron chi connectivity index (χ2n) is 4.02. The summed E-state index contributed by atoms with van der Waals surface area (Å²) in [5.41, 5.74) is -0.368. The molecule has 0 spiro atoms.